The van der Waals surface area contributed by atoms with Crippen molar-refractivity contribution in [2.45, 2.75) is 83.3 Å². The van der Waals surface area contributed by atoms with E-state index in [9.17, 15) is 4.79 Å². The molecule has 0 heterocycles. The third kappa shape index (κ3) is 4.35. The van der Waals surface area contributed by atoms with Crippen LogP contribution in [0.5, 0.6) is 5.75 Å². The van der Waals surface area contributed by atoms with Gasteiger partial charge in [0, 0.05) is 12.3 Å². The number of carbonyl (C=O) groups is 1. The first-order chi connectivity index (χ1) is 12.1. The molecule has 1 N–H and O–H groups in total. The summed E-state index contributed by atoms with van der Waals surface area (Å²) in [4.78, 5) is 12.9. The average molecular weight is 345 g/mol. The molecule has 2 fully saturated rings. The lowest BCUT2D eigenvalue weighted by Gasteiger charge is -2.35. The van der Waals surface area contributed by atoms with Crippen LogP contribution >= 0.6 is 0 Å². The van der Waals surface area contributed by atoms with Crippen LogP contribution in [-0.4, -0.2) is 24.2 Å². The number of benzene rings is 1. The first kappa shape index (κ1) is 18.2. The Balaban J connectivity index is 1.67. The fourth-order valence-corrected chi connectivity index (χ4v) is 4.13. The van der Waals surface area contributed by atoms with E-state index in [4.69, 9.17) is 9.47 Å². The molecule has 0 saturated heterocycles. The summed E-state index contributed by atoms with van der Waals surface area (Å²) in [6.45, 7) is 4.57. The first-order valence-electron chi connectivity index (χ1n) is 9.86. The van der Waals surface area contributed by atoms with Crippen molar-refractivity contribution in [3.63, 3.8) is 0 Å². The van der Waals surface area contributed by atoms with Crippen molar-refractivity contribution in [2.24, 2.45) is 0 Å². The molecular formula is C21H31NO3. The number of ether oxygens (including phenoxy) is 2. The van der Waals surface area contributed by atoms with E-state index < -0.39 is 5.60 Å². The summed E-state index contributed by atoms with van der Waals surface area (Å²) in [6, 6.07) is 5.93. The van der Waals surface area contributed by atoms with Gasteiger partial charge in [-0.1, -0.05) is 19.3 Å². The topological polar surface area (TPSA) is 47.6 Å². The second-order valence-corrected chi connectivity index (χ2v) is 7.45. The number of nitrogens with one attached hydrogen (secondary N) is 1. The van der Waals surface area contributed by atoms with Gasteiger partial charge in [-0.15, -0.1) is 0 Å². The summed E-state index contributed by atoms with van der Waals surface area (Å²) in [6.07, 6.45) is 10.1. The fourth-order valence-electron chi connectivity index (χ4n) is 4.13. The monoisotopic (exact) mass is 345 g/mol. The number of hydrogen-bond donors (Lipinski definition) is 1. The summed E-state index contributed by atoms with van der Waals surface area (Å²) in [5.74, 6) is 0.931. The van der Waals surface area contributed by atoms with Crippen molar-refractivity contribution in [1.82, 2.24) is 0 Å². The minimum Gasteiger partial charge on any atom is -0.490 e. The molecule has 25 heavy (non-hydrogen) atoms. The SMILES string of the molecule is CCOC1(C(=O)Nc2ccc(OC3CCCC3)c(C)c2)CCCCC1. The van der Waals surface area contributed by atoms with Gasteiger partial charge in [0.1, 0.15) is 11.4 Å². The van der Waals surface area contributed by atoms with E-state index in [2.05, 4.69) is 5.32 Å². The van der Waals surface area contributed by atoms with Crippen LogP contribution in [0.3, 0.4) is 0 Å². The van der Waals surface area contributed by atoms with E-state index in [1.165, 1.54) is 19.3 Å². The molecule has 0 spiro atoms. The molecule has 2 saturated carbocycles. The molecule has 2 aliphatic rings. The second kappa shape index (κ2) is 8.22. The maximum absolute atomic E-state index is 12.9. The summed E-state index contributed by atoms with van der Waals surface area (Å²) in [5.41, 5.74) is 1.24. The highest BCUT2D eigenvalue weighted by Crippen LogP contribution is 2.34. The van der Waals surface area contributed by atoms with Gasteiger partial charge >= 0.3 is 0 Å². The normalized spacial score (nSPS) is 20.4. The molecule has 4 nitrogen and oxygen atoms in total. The molecule has 1 aromatic rings. The van der Waals surface area contributed by atoms with E-state index in [1.54, 1.807) is 0 Å². The molecule has 2 aliphatic carbocycles. The Kier molecular flexibility index (Phi) is 6.00. The quantitative estimate of drug-likeness (QED) is 0.790. The Hall–Kier alpha value is -1.55. The van der Waals surface area contributed by atoms with Gasteiger partial charge in [-0.2, -0.15) is 0 Å². The van der Waals surface area contributed by atoms with Crippen molar-refractivity contribution < 1.29 is 14.3 Å². The molecule has 0 atom stereocenters. The number of aryl methyl sites for hydroxylation is 1. The van der Waals surface area contributed by atoms with Crippen LogP contribution in [0.4, 0.5) is 5.69 Å². The van der Waals surface area contributed by atoms with Gasteiger partial charge in [-0.25, -0.2) is 0 Å². The van der Waals surface area contributed by atoms with Crippen molar-refractivity contribution in [3.05, 3.63) is 23.8 Å². The number of amides is 1. The van der Waals surface area contributed by atoms with E-state index in [1.807, 2.05) is 32.0 Å². The Labute approximate surface area is 151 Å². The van der Waals surface area contributed by atoms with E-state index >= 15 is 0 Å². The fraction of sp³-hybridized carbons (Fsp3) is 0.667. The Morgan fingerprint density at radius 2 is 1.88 bits per heavy atom. The molecule has 4 heteroatoms. The van der Waals surface area contributed by atoms with Crippen LogP contribution in [0.25, 0.3) is 0 Å². The van der Waals surface area contributed by atoms with Crippen molar-refractivity contribution in [1.29, 1.82) is 0 Å². The molecule has 1 amide bonds. The lowest BCUT2D eigenvalue weighted by atomic mass is 9.83. The van der Waals surface area contributed by atoms with Gasteiger partial charge < -0.3 is 14.8 Å². The van der Waals surface area contributed by atoms with Gasteiger partial charge in [0.15, 0.2) is 0 Å². The van der Waals surface area contributed by atoms with E-state index in [-0.39, 0.29) is 5.91 Å². The molecular weight excluding hydrogens is 314 g/mol. The second-order valence-electron chi connectivity index (χ2n) is 7.45. The Morgan fingerprint density at radius 3 is 2.52 bits per heavy atom. The zero-order chi connectivity index (χ0) is 17.7. The highest BCUT2D eigenvalue weighted by Gasteiger charge is 2.40. The maximum Gasteiger partial charge on any atom is 0.256 e. The van der Waals surface area contributed by atoms with Crippen LogP contribution in [-0.2, 0) is 9.53 Å². The van der Waals surface area contributed by atoms with Gasteiger partial charge in [-0.3, -0.25) is 4.79 Å². The molecule has 0 unspecified atom stereocenters. The first-order valence-corrected chi connectivity index (χ1v) is 9.86. The van der Waals surface area contributed by atoms with Crippen LogP contribution in [0.1, 0.15) is 70.3 Å². The molecule has 0 aliphatic heterocycles. The summed E-state index contributed by atoms with van der Waals surface area (Å²) < 4.78 is 12.0. The third-order valence-corrected chi connectivity index (χ3v) is 5.52. The smallest absolute Gasteiger partial charge is 0.256 e. The molecule has 3 rings (SSSR count). The minimum absolute atomic E-state index is 0.00193. The summed E-state index contributed by atoms with van der Waals surface area (Å²) >= 11 is 0. The van der Waals surface area contributed by atoms with E-state index in [0.29, 0.717) is 12.7 Å². The molecule has 0 bridgehead atoms. The molecule has 138 valence electrons. The number of rotatable bonds is 6. The Morgan fingerprint density at radius 1 is 1.16 bits per heavy atom. The zero-order valence-electron chi connectivity index (χ0n) is 15.6. The highest BCUT2D eigenvalue weighted by atomic mass is 16.5. The average Bonchev–Trinajstić information content (AvgIpc) is 3.11. The Bertz CT molecular complexity index is 581. The van der Waals surface area contributed by atoms with Crippen LogP contribution in [0, 0.1) is 6.92 Å². The molecule has 0 radical (unpaired) electrons. The maximum atomic E-state index is 12.9. The zero-order valence-corrected chi connectivity index (χ0v) is 15.6. The van der Waals surface area contributed by atoms with Gasteiger partial charge in [0.05, 0.1) is 6.10 Å². The van der Waals surface area contributed by atoms with Gasteiger partial charge in [0.25, 0.3) is 5.91 Å². The largest absolute Gasteiger partial charge is 0.490 e. The lowest BCUT2D eigenvalue weighted by molar-refractivity contribution is -0.145. The highest BCUT2D eigenvalue weighted by molar-refractivity contribution is 5.97. The molecule has 0 aromatic heterocycles. The number of anilines is 1. The van der Waals surface area contributed by atoms with Crippen LogP contribution in [0.15, 0.2) is 18.2 Å². The predicted molar refractivity (Wildman–Crippen MR) is 100 cm³/mol. The predicted octanol–water partition coefficient (Wildman–Crippen LogP) is 4.99. The van der Waals surface area contributed by atoms with Crippen LogP contribution in [0.2, 0.25) is 0 Å². The molecule has 1 aromatic carbocycles. The van der Waals surface area contributed by atoms with Gasteiger partial charge in [0.2, 0.25) is 0 Å². The van der Waals surface area contributed by atoms with E-state index in [0.717, 1.165) is 55.5 Å². The summed E-state index contributed by atoms with van der Waals surface area (Å²) in [5, 5.41) is 3.08. The van der Waals surface area contributed by atoms with Crippen molar-refractivity contribution >= 4 is 11.6 Å². The van der Waals surface area contributed by atoms with Crippen molar-refractivity contribution in [2.75, 3.05) is 11.9 Å². The van der Waals surface area contributed by atoms with Crippen molar-refractivity contribution in [3.8, 4) is 5.75 Å². The standard InChI is InChI=1S/C21H31NO3/c1-3-24-21(13-7-4-8-14-21)20(23)22-17-11-12-19(16(2)15-17)25-18-9-5-6-10-18/h11-12,15,18H,3-10,13-14H2,1-2H3,(H,22,23). The summed E-state index contributed by atoms with van der Waals surface area (Å²) in [7, 11) is 0. The minimum atomic E-state index is -0.653. The lowest BCUT2D eigenvalue weighted by Crippen LogP contribution is -2.47. The van der Waals surface area contributed by atoms with Gasteiger partial charge in [-0.05, 0) is 76.1 Å². The number of hydrogen-bond acceptors (Lipinski definition) is 3. The third-order valence-electron chi connectivity index (χ3n) is 5.52. The van der Waals surface area contributed by atoms with Crippen LogP contribution < -0.4 is 10.1 Å². The number of carbonyl (C=O) groups excluding carboxylic acids is 1.